The fourth-order valence-electron chi connectivity index (χ4n) is 3.75. The number of amides is 1. The number of hydrogen-bond acceptors (Lipinski definition) is 4. The molecular formula is C23H18N2O3. The SMILES string of the molecule is CCC1(C2=CC(=O)C=CC2=O)C(=O)N(c2ccccc2)N=C1c1ccccc1. The average molecular weight is 370 g/mol. The molecule has 2 aliphatic rings. The van der Waals surface area contributed by atoms with E-state index in [9.17, 15) is 14.4 Å². The molecule has 1 aliphatic heterocycles. The number of para-hydroxylation sites is 1. The topological polar surface area (TPSA) is 66.8 Å². The largest absolute Gasteiger partial charge is 0.290 e. The molecule has 0 saturated heterocycles. The number of hydrazone groups is 1. The van der Waals surface area contributed by atoms with E-state index in [0.29, 0.717) is 17.8 Å². The van der Waals surface area contributed by atoms with Gasteiger partial charge in [0.2, 0.25) is 0 Å². The summed E-state index contributed by atoms with van der Waals surface area (Å²) in [5, 5.41) is 5.98. The highest BCUT2D eigenvalue weighted by molar-refractivity contribution is 6.33. The number of benzene rings is 2. The van der Waals surface area contributed by atoms with Crippen LogP contribution >= 0.6 is 0 Å². The highest BCUT2D eigenvalue weighted by Gasteiger charge is 2.55. The molecule has 1 amide bonds. The van der Waals surface area contributed by atoms with Crippen LogP contribution in [-0.2, 0) is 14.4 Å². The van der Waals surface area contributed by atoms with Crippen molar-refractivity contribution in [3.05, 3.63) is 90.0 Å². The zero-order chi connectivity index (χ0) is 19.7. The van der Waals surface area contributed by atoms with E-state index in [1.54, 1.807) is 12.1 Å². The average Bonchev–Trinajstić information content (AvgIpc) is 3.04. The summed E-state index contributed by atoms with van der Waals surface area (Å²) in [6.45, 7) is 1.84. The van der Waals surface area contributed by atoms with E-state index in [1.165, 1.54) is 23.2 Å². The van der Waals surface area contributed by atoms with Crippen LogP contribution in [-0.4, -0.2) is 23.2 Å². The lowest BCUT2D eigenvalue weighted by Gasteiger charge is -2.30. The lowest BCUT2D eigenvalue weighted by atomic mass is 9.68. The summed E-state index contributed by atoms with van der Waals surface area (Å²) in [6.07, 6.45) is 4.04. The Labute approximate surface area is 162 Å². The van der Waals surface area contributed by atoms with Crippen molar-refractivity contribution in [2.75, 3.05) is 5.01 Å². The van der Waals surface area contributed by atoms with E-state index in [1.807, 2.05) is 55.5 Å². The number of nitrogens with zero attached hydrogens (tertiary/aromatic N) is 2. The zero-order valence-electron chi connectivity index (χ0n) is 15.3. The van der Waals surface area contributed by atoms with Gasteiger partial charge in [0.05, 0.1) is 11.4 Å². The van der Waals surface area contributed by atoms with Crippen LogP contribution in [0.25, 0.3) is 0 Å². The fraction of sp³-hybridized carbons (Fsp3) is 0.130. The number of anilines is 1. The smallest absolute Gasteiger partial charge is 0.264 e. The highest BCUT2D eigenvalue weighted by Crippen LogP contribution is 2.44. The van der Waals surface area contributed by atoms with Crippen LogP contribution in [0.2, 0.25) is 0 Å². The maximum atomic E-state index is 13.7. The van der Waals surface area contributed by atoms with Gasteiger partial charge < -0.3 is 0 Å². The van der Waals surface area contributed by atoms with Crippen molar-refractivity contribution in [2.24, 2.45) is 10.5 Å². The summed E-state index contributed by atoms with van der Waals surface area (Å²) < 4.78 is 0. The maximum absolute atomic E-state index is 13.7. The third-order valence-corrected chi connectivity index (χ3v) is 5.15. The summed E-state index contributed by atoms with van der Waals surface area (Å²) >= 11 is 0. The second-order valence-electron chi connectivity index (χ2n) is 6.68. The van der Waals surface area contributed by atoms with Gasteiger partial charge in [0, 0.05) is 5.57 Å². The molecule has 0 saturated carbocycles. The minimum Gasteiger partial charge on any atom is -0.290 e. The first-order valence-electron chi connectivity index (χ1n) is 9.10. The van der Waals surface area contributed by atoms with Crippen molar-refractivity contribution >= 4 is 28.9 Å². The van der Waals surface area contributed by atoms with E-state index in [2.05, 4.69) is 5.10 Å². The van der Waals surface area contributed by atoms with E-state index >= 15 is 0 Å². The van der Waals surface area contributed by atoms with Crippen LogP contribution in [0, 0.1) is 5.41 Å². The molecule has 1 heterocycles. The zero-order valence-corrected chi connectivity index (χ0v) is 15.3. The van der Waals surface area contributed by atoms with Gasteiger partial charge in [-0.3, -0.25) is 14.4 Å². The van der Waals surface area contributed by atoms with Gasteiger partial charge in [-0.1, -0.05) is 55.5 Å². The van der Waals surface area contributed by atoms with Gasteiger partial charge >= 0.3 is 0 Å². The molecule has 0 aromatic heterocycles. The molecular weight excluding hydrogens is 352 g/mol. The van der Waals surface area contributed by atoms with E-state index in [0.717, 1.165) is 5.56 Å². The Bertz CT molecular complexity index is 1050. The molecule has 5 nitrogen and oxygen atoms in total. The summed E-state index contributed by atoms with van der Waals surface area (Å²) in [6, 6.07) is 18.4. The number of carbonyl (C=O) groups is 3. The lowest BCUT2D eigenvalue weighted by Crippen LogP contribution is -2.44. The molecule has 0 fully saturated rings. The first-order chi connectivity index (χ1) is 13.6. The number of hydrogen-bond donors (Lipinski definition) is 0. The molecule has 0 N–H and O–H groups in total. The second kappa shape index (κ2) is 6.85. The van der Waals surface area contributed by atoms with Crippen LogP contribution in [0.5, 0.6) is 0 Å². The molecule has 5 heteroatoms. The van der Waals surface area contributed by atoms with E-state index in [-0.39, 0.29) is 23.0 Å². The highest BCUT2D eigenvalue weighted by atomic mass is 16.2. The van der Waals surface area contributed by atoms with Gasteiger partial charge in [-0.15, -0.1) is 0 Å². The van der Waals surface area contributed by atoms with Gasteiger partial charge in [-0.05, 0) is 42.3 Å². The molecule has 0 radical (unpaired) electrons. The molecule has 1 atom stereocenters. The predicted molar refractivity (Wildman–Crippen MR) is 107 cm³/mol. The Morgan fingerprint density at radius 2 is 1.54 bits per heavy atom. The summed E-state index contributed by atoms with van der Waals surface area (Å²) in [7, 11) is 0. The minimum atomic E-state index is -1.31. The van der Waals surface area contributed by atoms with Gasteiger partial charge in [-0.25, -0.2) is 0 Å². The standard InChI is InChI=1S/C23H18N2O3/c1-2-23(19-15-18(26)13-14-20(19)27)21(16-9-5-3-6-10-16)24-25(22(23)28)17-11-7-4-8-12-17/h3-15H,2H2,1H3. The van der Waals surface area contributed by atoms with Crippen LogP contribution < -0.4 is 5.01 Å². The monoisotopic (exact) mass is 370 g/mol. The van der Waals surface area contributed by atoms with Crippen LogP contribution in [0.4, 0.5) is 5.69 Å². The normalized spacial score (nSPS) is 21.8. The molecule has 28 heavy (non-hydrogen) atoms. The number of allylic oxidation sites excluding steroid dienone is 3. The van der Waals surface area contributed by atoms with Crippen LogP contribution in [0.15, 0.2) is 89.6 Å². The van der Waals surface area contributed by atoms with E-state index in [4.69, 9.17) is 0 Å². The van der Waals surface area contributed by atoms with Crippen molar-refractivity contribution in [3.63, 3.8) is 0 Å². The van der Waals surface area contributed by atoms with Crippen LogP contribution in [0.3, 0.4) is 0 Å². The van der Waals surface area contributed by atoms with Crippen molar-refractivity contribution in [2.45, 2.75) is 13.3 Å². The fourth-order valence-corrected chi connectivity index (χ4v) is 3.75. The Kier molecular flexibility index (Phi) is 4.35. The summed E-state index contributed by atoms with van der Waals surface area (Å²) in [5.74, 6) is -0.975. The van der Waals surface area contributed by atoms with Gasteiger partial charge in [0.1, 0.15) is 5.41 Å². The molecule has 0 bridgehead atoms. The molecule has 2 aromatic carbocycles. The Morgan fingerprint density at radius 3 is 2.18 bits per heavy atom. The minimum absolute atomic E-state index is 0.175. The summed E-state index contributed by atoms with van der Waals surface area (Å²) in [4.78, 5) is 38.5. The van der Waals surface area contributed by atoms with Crippen molar-refractivity contribution in [1.29, 1.82) is 0 Å². The number of rotatable bonds is 4. The number of ketones is 2. The third kappa shape index (κ3) is 2.63. The van der Waals surface area contributed by atoms with Gasteiger partial charge in [0.25, 0.3) is 5.91 Å². The third-order valence-electron chi connectivity index (χ3n) is 5.15. The Morgan fingerprint density at radius 1 is 0.893 bits per heavy atom. The first-order valence-corrected chi connectivity index (χ1v) is 9.10. The van der Waals surface area contributed by atoms with Crippen molar-refractivity contribution < 1.29 is 14.4 Å². The Balaban J connectivity index is 1.95. The predicted octanol–water partition coefficient (Wildman–Crippen LogP) is 3.47. The molecule has 4 rings (SSSR count). The Hall–Kier alpha value is -3.60. The lowest BCUT2D eigenvalue weighted by molar-refractivity contribution is -0.124. The molecule has 138 valence electrons. The molecule has 2 aromatic rings. The van der Waals surface area contributed by atoms with E-state index < -0.39 is 5.41 Å². The van der Waals surface area contributed by atoms with Gasteiger partial charge in [0.15, 0.2) is 11.6 Å². The van der Waals surface area contributed by atoms with Gasteiger partial charge in [-0.2, -0.15) is 10.1 Å². The van der Waals surface area contributed by atoms with Crippen molar-refractivity contribution in [1.82, 2.24) is 0 Å². The maximum Gasteiger partial charge on any atom is 0.264 e. The first kappa shape index (κ1) is 17.8. The quantitative estimate of drug-likeness (QED) is 0.774. The molecule has 1 unspecified atom stereocenters. The van der Waals surface area contributed by atoms with Crippen LogP contribution in [0.1, 0.15) is 18.9 Å². The molecule has 0 spiro atoms. The number of carbonyl (C=O) groups excluding carboxylic acids is 3. The van der Waals surface area contributed by atoms with Crippen molar-refractivity contribution in [3.8, 4) is 0 Å². The second-order valence-corrected chi connectivity index (χ2v) is 6.68. The molecule has 1 aliphatic carbocycles. The summed E-state index contributed by atoms with van der Waals surface area (Å²) in [5.41, 5.74) is 0.698.